The van der Waals surface area contributed by atoms with Crippen LogP contribution in [0.4, 0.5) is 0 Å². The number of allylic oxidation sites excluding steroid dienone is 5. The zero-order chi connectivity index (χ0) is 38.3. The fourth-order valence-electron chi connectivity index (χ4n) is 12.0. The highest BCUT2D eigenvalue weighted by Gasteiger charge is 2.55. The van der Waals surface area contributed by atoms with Crippen LogP contribution in [-0.4, -0.2) is 11.7 Å². The zero-order valence-electron chi connectivity index (χ0n) is 34.1. The second kappa shape index (κ2) is 15.1. The smallest absolute Gasteiger partial charge is 0.242 e. The van der Waals surface area contributed by atoms with Gasteiger partial charge in [-0.3, -0.25) is 4.98 Å². The predicted molar refractivity (Wildman–Crippen MR) is 237 cm³/mol. The van der Waals surface area contributed by atoms with Crippen LogP contribution in [-0.2, 0) is 11.8 Å². The Kier molecular flexibility index (Phi) is 10.2. The Morgan fingerprint density at radius 2 is 1.40 bits per heavy atom. The van der Waals surface area contributed by atoms with E-state index in [1.54, 1.807) is 5.56 Å². The molecule has 4 atom stereocenters. The average molecular weight is 720 g/mol. The highest BCUT2D eigenvalue weighted by molar-refractivity contribution is 6.96. The zero-order valence-corrected chi connectivity index (χ0v) is 34.1. The van der Waals surface area contributed by atoms with Crippen LogP contribution in [0.2, 0.25) is 0 Å². The van der Waals surface area contributed by atoms with Crippen LogP contribution in [0, 0.1) is 58.8 Å². The van der Waals surface area contributed by atoms with Crippen molar-refractivity contribution in [3.8, 4) is 11.3 Å². The van der Waals surface area contributed by atoms with Crippen LogP contribution in [0.25, 0.3) is 11.3 Å². The van der Waals surface area contributed by atoms with Gasteiger partial charge in [-0.05, 0) is 138 Å². The van der Waals surface area contributed by atoms with Gasteiger partial charge in [0.2, 0.25) is 6.71 Å². The third-order valence-corrected chi connectivity index (χ3v) is 13.7. The quantitative estimate of drug-likeness (QED) is 0.103. The number of hydrogen-bond donors (Lipinski definition) is 0. The topological polar surface area (TPSA) is 12.9 Å². The van der Waals surface area contributed by atoms with Gasteiger partial charge in [-0.15, -0.1) is 0 Å². The summed E-state index contributed by atoms with van der Waals surface area (Å²) in [5.41, 5.74) is 19.0. The fraction of sp³-hybridized carbons (Fsp3) is 0.340. The van der Waals surface area contributed by atoms with Crippen molar-refractivity contribution in [2.45, 2.75) is 98.3 Å². The average Bonchev–Trinajstić information content (AvgIpc) is 3.36. The van der Waals surface area contributed by atoms with Crippen LogP contribution in [0.3, 0.4) is 0 Å². The molecule has 4 bridgehead atoms. The van der Waals surface area contributed by atoms with Crippen molar-refractivity contribution in [2.24, 2.45) is 17.3 Å². The summed E-state index contributed by atoms with van der Waals surface area (Å²) in [6, 6.07) is 36.6. The fourth-order valence-corrected chi connectivity index (χ4v) is 12.0. The number of pyridine rings is 1. The standard InChI is InChI=1S/C53H58BN/c1-8-15-45(53-32-42-24-25-52(35-53,33-43(30-42)34-53)46-17-10-9-11-18-46)19-13-21-48-22-14-23-49(55-48)44-16-12-20-47(31-44)54(50-38(4)26-36(2)27-39(50)5)51-40(6)28-37(3)29-41(51)7/h8-20,22-23,26-29,31,42-43H,1,21,24-25,30,32-35H2,2-7H3/b19-13-,45-15+. The first-order valence-electron chi connectivity index (χ1n) is 20.8. The van der Waals surface area contributed by atoms with E-state index in [-0.39, 0.29) is 12.1 Å². The van der Waals surface area contributed by atoms with E-state index in [1.165, 1.54) is 106 Å². The lowest BCUT2D eigenvalue weighted by molar-refractivity contribution is 0.0514. The second-order valence-electron chi connectivity index (χ2n) is 17.9. The summed E-state index contributed by atoms with van der Waals surface area (Å²) in [7, 11) is 0. The first-order valence-corrected chi connectivity index (χ1v) is 20.8. The van der Waals surface area contributed by atoms with Gasteiger partial charge < -0.3 is 0 Å². The number of benzene rings is 4. The molecule has 0 spiro atoms. The Hall–Kier alpha value is -4.69. The summed E-state index contributed by atoms with van der Waals surface area (Å²) in [6.07, 6.45) is 19.4. The third-order valence-electron chi connectivity index (χ3n) is 13.7. The number of aromatic nitrogens is 1. The lowest BCUT2D eigenvalue weighted by atomic mass is 9.34. The summed E-state index contributed by atoms with van der Waals surface area (Å²) in [5.74, 6) is 1.64. The molecule has 2 heteroatoms. The Balaban J connectivity index is 1.09. The molecule has 5 aromatic rings. The summed E-state index contributed by atoms with van der Waals surface area (Å²) in [5, 5.41) is 0. The van der Waals surface area contributed by atoms with E-state index in [4.69, 9.17) is 4.98 Å². The van der Waals surface area contributed by atoms with Gasteiger partial charge in [0.25, 0.3) is 0 Å². The molecule has 4 aliphatic rings. The SMILES string of the molecule is C=C/C=C(\C=C/Cc1cccc(-c2cccc(B(c3c(C)cc(C)cc3C)c3c(C)cc(C)cc3C)c2)n1)C12CC3CCC(c4ccccc4)(CC(C3)C1)C2. The second-order valence-corrected chi connectivity index (χ2v) is 17.9. The van der Waals surface area contributed by atoms with Crippen LogP contribution in [0.1, 0.15) is 89.6 Å². The minimum Gasteiger partial charge on any atom is -0.253 e. The molecule has 4 unspecified atom stereocenters. The van der Waals surface area contributed by atoms with Gasteiger partial charge in [0.1, 0.15) is 0 Å². The van der Waals surface area contributed by atoms with Crippen molar-refractivity contribution >= 4 is 23.1 Å². The van der Waals surface area contributed by atoms with Crippen molar-refractivity contribution in [3.05, 3.63) is 178 Å². The first-order chi connectivity index (χ1) is 26.6. The maximum absolute atomic E-state index is 5.29. The number of nitrogens with zero attached hydrogens (tertiary/aromatic N) is 1. The summed E-state index contributed by atoms with van der Waals surface area (Å²) in [4.78, 5) is 5.29. The monoisotopic (exact) mass is 719 g/mol. The molecule has 4 fully saturated rings. The maximum Gasteiger partial charge on any atom is 0.242 e. The van der Waals surface area contributed by atoms with Gasteiger partial charge in [0.05, 0.1) is 5.69 Å². The van der Waals surface area contributed by atoms with Crippen molar-refractivity contribution < 1.29 is 0 Å². The Labute approximate surface area is 331 Å². The number of aryl methyl sites for hydroxylation is 6. The van der Waals surface area contributed by atoms with Crippen LogP contribution in [0.15, 0.2) is 134 Å². The molecule has 278 valence electrons. The maximum atomic E-state index is 5.29. The molecule has 0 saturated heterocycles. The third kappa shape index (κ3) is 7.26. The molecular weight excluding hydrogens is 661 g/mol. The molecule has 9 rings (SSSR count). The van der Waals surface area contributed by atoms with Gasteiger partial charge >= 0.3 is 0 Å². The minimum atomic E-state index is 0.136. The lowest BCUT2D eigenvalue weighted by Crippen LogP contribution is -2.55. The molecule has 0 aliphatic heterocycles. The molecule has 1 heterocycles. The lowest BCUT2D eigenvalue weighted by Gasteiger charge is -2.54. The van der Waals surface area contributed by atoms with Crippen molar-refractivity contribution in [1.82, 2.24) is 4.98 Å². The van der Waals surface area contributed by atoms with E-state index in [0.29, 0.717) is 5.41 Å². The Morgan fingerprint density at radius 3 is 2.07 bits per heavy atom. The van der Waals surface area contributed by atoms with E-state index in [1.807, 2.05) is 6.08 Å². The van der Waals surface area contributed by atoms with E-state index < -0.39 is 0 Å². The highest BCUT2D eigenvalue weighted by Crippen LogP contribution is 2.65. The Morgan fingerprint density at radius 1 is 0.745 bits per heavy atom. The van der Waals surface area contributed by atoms with Crippen molar-refractivity contribution in [1.29, 1.82) is 0 Å². The molecule has 4 aliphatic carbocycles. The first kappa shape index (κ1) is 37.2. The van der Waals surface area contributed by atoms with Gasteiger partial charge in [-0.2, -0.15) is 0 Å². The van der Waals surface area contributed by atoms with Crippen LogP contribution >= 0.6 is 0 Å². The Bertz CT molecular complexity index is 2190. The molecule has 1 nitrogen and oxygen atoms in total. The van der Waals surface area contributed by atoms with E-state index >= 15 is 0 Å². The van der Waals surface area contributed by atoms with Gasteiger partial charge in [0.15, 0.2) is 0 Å². The van der Waals surface area contributed by atoms with E-state index in [0.717, 1.165) is 29.6 Å². The molecule has 0 N–H and O–H groups in total. The minimum absolute atomic E-state index is 0.136. The molecule has 4 saturated carbocycles. The summed E-state index contributed by atoms with van der Waals surface area (Å²) in [6.45, 7) is 17.9. The van der Waals surface area contributed by atoms with Gasteiger partial charge in [0, 0.05) is 12.1 Å². The molecule has 55 heavy (non-hydrogen) atoms. The highest BCUT2D eigenvalue weighted by atomic mass is 14.7. The summed E-state index contributed by atoms with van der Waals surface area (Å²) >= 11 is 0. The summed E-state index contributed by atoms with van der Waals surface area (Å²) < 4.78 is 0. The van der Waals surface area contributed by atoms with E-state index in [2.05, 4.69) is 163 Å². The number of hydrogen-bond acceptors (Lipinski definition) is 1. The number of fused-ring (bicyclic) bond motifs is 1. The molecule has 0 radical (unpaired) electrons. The van der Waals surface area contributed by atoms with Gasteiger partial charge in [-0.1, -0.05) is 166 Å². The largest absolute Gasteiger partial charge is 0.253 e. The van der Waals surface area contributed by atoms with Crippen LogP contribution < -0.4 is 16.4 Å². The number of rotatable bonds is 10. The normalized spacial score (nSPS) is 23.3. The predicted octanol–water partition coefficient (Wildman–Crippen LogP) is 11.3. The molecule has 0 amide bonds. The molecule has 4 aromatic carbocycles. The van der Waals surface area contributed by atoms with Crippen LogP contribution in [0.5, 0.6) is 0 Å². The van der Waals surface area contributed by atoms with Gasteiger partial charge in [-0.25, -0.2) is 0 Å². The van der Waals surface area contributed by atoms with E-state index in [9.17, 15) is 0 Å². The van der Waals surface area contributed by atoms with Crippen molar-refractivity contribution in [3.63, 3.8) is 0 Å². The molecular formula is C53H58BN. The van der Waals surface area contributed by atoms with Crippen molar-refractivity contribution in [2.75, 3.05) is 0 Å². The molecule has 1 aromatic heterocycles.